The Kier molecular flexibility index (Phi) is 5.12. The van der Waals surface area contributed by atoms with E-state index in [4.69, 9.17) is 16.0 Å². The Bertz CT molecular complexity index is 1480. The van der Waals surface area contributed by atoms with Crippen molar-refractivity contribution in [1.29, 1.82) is 0 Å². The fraction of sp³-hybridized carbons (Fsp3) is 0.115. The van der Waals surface area contributed by atoms with Gasteiger partial charge in [-0.25, -0.2) is 4.79 Å². The molecule has 0 aliphatic carbocycles. The molecule has 1 N–H and O–H groups in total. The minimum atomic E-state index is -2.12. The lowest BCUT2D eigenvalue weighted by Gasteiger charge is -2.23. The van der Waals surface area contributed by atoms with Crippen LogP contribution in [0.25, 0.3) is 11.0 Å². The maximum Gasteiger partial charge on any atom is 0.347 e. The summed E-state index contributed by atoms with van der Waals surface area (Å²) < 4.78 is 5.25. The number of nitrogens with zero attached hydrogens (tertiary/aromatic N) is 1. The van der Waals surface area contributed by atoms with E-state index >= 15 is 0 Å². The number of anilines is 1. The van der Waals surface area contributed by atoms with Gasteiger partial charge in [-0.3, -0.25) is 9.59 Å². The van der Waals surface area contributed by atoms with E-state index in [1.54, 1.807) is 66.7 Å². The molecule has 0 radical (unpaired) electrons. The van der Waals surface area contributed by atoms with Crippen LogP contribution in [0.2, 0.25) is 5.02 Å². The number of carbonyl (C=O) groups is 2. The van der Waals surface area contributed by atoms with Crippen LogP contribution >= 0.6 is 11.6 Å². The van der Waals surface area contributed by atoms with E-state index in [1.807, 2.05) is 6.07 Å². The second-order valence-electron chi connectivity index (χ2n) is 7.95. The number of benzene rings is 3. The molecule has 33 heavy (non-hydrogen) atoms. The third kappa shape index (κ3) is 3.53. The van der Waals surface area contributed by atoms with Crippen molar-refractivity contribution in [2.75, 3.05) is 4.90 Å². The molecule has 0 saturated heterocycles. The molecule has 0 fully saturated rings. The number of rotatable bonds is 5. The average Bonchev–Trinajstić information content (AvgIpc) is 3.02. The van der Waals surface area contributed by atoms with Gasteiger partial charge in [-0.1, -0.05) is 66.2 Å². The maximum atomic E-state index is 13.4. The number of fused-ring (bicyclic) bond motifs is 2. The van der Waals surface area contributed by atoms with E-state index in [0.29, 0.717) is 32.8 Å². The molecule has 0 bridgehead atoms. The molecule has 164 valence electrons. The van der Waals surface area contributed by atoms with Gasteiger partial charge in [0, 0.05) is 16.0 Å². The molecule has 1 aromatic heterocycles. The van der Waals surface area contributed by atoms with Gasteiger partial charge in [0.2, 0.25) is 0 Å². The minimum Gasteiger partial charge on any atom is -0.422 e. The number of amides is 1. The molecule has 5 rings (SSSR count). The van der Waals surface area contributed by atoms with Gasteiger partial charge < -0.3 is 14.4 Å². The first-order chi connectivity index (χ1) is 15.9. The van der Waals surface area contributed by atoms with Crippen LogP contribution in [0.15, 0.2) is 88.1 Å². The van der Waals surface area contributed by atoms with Crippen LogP contribution in [-0.2, 0) is 16.9 Å². The molecular formula is C26H18ClNO5. The summed E-state index contributed by atoms with van der Waals surface area (Å²) in [6.45, 7) is 0.129. The fourth-order valence-corrected chi connectivity index (χ4v) is 4.41. The summed E-state index contributed by atoms with van der Waals surface area (Å²) in [6, 6.07) is 22.1. The number of para-hydroxylation sites is 2. The number of Topliss-reactive ketones (excluding diaryl/α,β-unsaturated/α-hetero) is 1. The van der Waals surface area contributed by atoms with Crippen molar-refractivity contribution in [2.24, 2.45) is 0 Å². The highest BCUT2D eigenvalue weighted by molar-refractivity contribution is 6.31. The monoisotopic (exact) mass is 459 g/mol. The zero-order valence-electron chi connectivity index (χ0n) is 17.3. The first-order valence-electron chi connectivity index (χ1n) is 10.3. The Balaban J connectivity index is 1.52. The summed E-state index contributed by atoms with van der Waals surface area (Å²) in [5.74, 6) is -1.33. The molecule has 0 saturated carbocycles. The average molecular weight is 460 g/mol. The van der Waals surface area contributed by atoms with Gasteiger partial charge in [-0.15, -0.1) is 0 Å². The summed E-state index contributed by atoms with van der Waals surface area (Å²) in [7, 11) is 0. The van der Waals surface area contributed by atoms with Crippen molar-refractivity contribution in [1.82, 2.24) is 0 Å². The topological polar surface area (TPSA) is 87.8 Å². The standard InChI is InChI=1S/C26H18ClNO5/c27-20-10-4-1-8-17(20)15-28-21-11-5-3-9-19(21)26(32,25(28)31)14-22(29)18-13-16-7-2-6-12-23(16)33-24(18)30/h1-13,32H,14-15H2/t26-/m0/s1. The van der Waals surface area contributed by atoms with Crippen molar-refractivity contribution in [3.05, 3.63) is 111 Å². The van der Waals surface area contributed by atoms with Crippen LogP contribution in [0.4, 0.5) is 5.69 Å². The van der Waals surface area contributed by atoms with Crippen molar-refractivity contribution in [2.45, 2.75) is 18.6 Å². The van der Waals surface area contributed by atoms with Crippen LogP contribution in [0, 0.1) is 0 Å². The SMILES string of the molecule is O=C(C[C@@]1(O)C(=O)N(Cc2ccccc2Cl)c2ccccc21)c1cc2ccccc2oc1=O. The van der Waals surface area contributed by atoms with Crippen molar-refractivity contribution >= 4 is 39.9 Å². The largest absolute Gasteiger partial charge is 0.422 e. The second kappa shape index (κ2) is 7.99. The molecule has 0 spiro atoms. The molecule has 1 amide bonds. The van der Waals surface area contributed by atoms with Crippen LogP contribution in [0.1, 0.15) is 27.9 Å². The Morgan fingerprint density at radius 3 is 2.48 bits per heavy atom. The maximum absolute atomic E-state index is 13.4. The molecule has 6 nitrogen and oxygen atoms in total. The first-order valence-corrected chi connectivity index (χ1v) is 10.7. The molecule has 4 aromatic rings. The predicted molar refractivity (Wildman–Crippen MR) is 124 cm³/mol. The number of hydrogen-bond acceptors (Lipinski definition) is 5. The van der Waals surface area contributed by atoms with Gasteiger partial charge in [0.05, 0.1) is 18.7 Å². The molecule has 1 aliphatic rings. The van der Waals surface area contributed by atoms with E-state index in [-0.39, 0.29) is 12.1 Å². The fourth-order valence-electron chi connectivity index (χ4n) is 4.22. The van der Waals surface area contributed by atoms with Crippen molar-refractivity contribution in [3.8, 4) is 0 Å². The van der Waals surface area contributed by atoms with E-state index in [1.165, 1.54) is 11.0 Å². The molecule has 1 atom stereocenters. The van der Waals surface area contributed by atoms with E-state index < -0.39 is 29.3 Å². The Morgan fingerprint density at radius 1 is 0.970 bits per heavy atom. The number of hydrogen-bond donors (Lipinski definition) is 1. The first kappa shape index (κ1) is 21.1. The predicted octanol–water partition coefficient (Wildman–Crippen LogP) is 4.45. The minimum absolute atomic E-state index is 0.129. The Hall–Kier alpha value is -3.74. The number of ketones is 1. The zero-order chi connectivity index (χ0) is 23.2. The van der Waals surface area contributed by atoms with Crippen LogP contribution in [-0.4, -0.2) is 16.8 Å². The zero-order valence-corrected chi connectivity index (χ0v) is 18.1. The highest BCUT2D eigenvalue weighted by atomic mass is 35.5. The lowest BCUT2D eigenvalue weighted by Crippen LogP contribution is -2.42. The molecular weight excluding hydrogens is 442 g/mol. The van der Waals surface area contributed by atoms with Gasteiger partial charge in [-0.2, -0.15) is 0 Å². The Labute approximate surface area is 193 Å². The third-order valence-electron chi connectivity index (χ3n) is 5.88. The van der Waals surface area contributed by atoms with E-state index in [2.05, 4.69) is 0 Å². The summed E-state index contributed by atoms with van der Waals surface area (Å²) in [4.78, 5) is 40.4. The van der Waals surface area contributed by atoms with Crippen molar-refractivity contribution < 1.29 is 19.1 Å². The van der Waals surface area contributed by atoms with Crippen molar-refractivity contribution in [3.63, 3.8) is 0 Å². The van der Waals surface area contributed by atoms with Crippen LogP contribution in [0.3, 0.4) is 0 Å². The summed E-state index contributed by atoms with van der Waals surface area (Å²) >= 11 is 6.28. The quantitative estimate of drug-likeness (QED) is 0.352. The molecule has 3 aromatic carbocycles. The lowest BCUT2D eigenvalue weighted by atomic mass is 9.88. The summed E-state index contributed by atoms with van der Waals surface area (Å²) in [6.07, 6.45) is -0.592. The highest BCUT2D eigenvalue weighted by Crippen LogP contribution is 2.43. The Morgan fingerprint density at radius 2 is 1.67 bits per heavy atom. The molecule has 1 aliphatic heterocycles. The number of halogens is 1. The van der Waals surface area contributed by atoms with Gasteiger partial charge in [0.25, 0.3) is 5.91 Å². The molecule has 7 heteroatoms. The van der Waals surface area contributed by atoms with E-state index in [0.717, 1.165) is 0 Å². The van der Waals surface area contributed by atoms with Gasteiger partial charge in [0.15, 0.2) is 11.4 Å². The summed E-state index contributed by atoms with van der Waals surface area (Å²) in [5.41, 5.74) is -1.29. The summed E-state index contributed by atoms with van der Waals surface area (Å²) in [5, 5.41) is 12.6. The third-order valence-corrected chi connectivity index (χ3v) is 6.25. The normalized spacial score (nSPS) is 17.4. The lowest BCUT2D eigenvalue weighted by molar-refractivity contribution is -0.136. The van der Waals surface area contributed by atoms with Crippen LogP contribution < -0.4 is 10.5 Å². The van der Waals surface area contributed by atoms with E-state index in [9.17, 15) is 19.5 Å². The second-order valence-corrected chi connectivity index (χ2v) is 8.35. The number of aliphatic hydroxyl groups is 1. The van der Waals surface area contributed by atoms with Gasteiger partial charge >= 0.3 is 5.63 Å². The van der Waals surface area contributed by atoms with Crippen LogP contribution in [0.5, 0.6) is 0 Å². The smallest absolute Gasteiger partial charge is 0.347 e. The molecule has 2 heterocycles. The molecule has 0 unspecified atom stereocenters. The number of carbonyl (C=O) groups excluding carboxylic acids is 2. The van der Waals surface area contributed by atoms with Gasteiger partial charge in [0.1, 0.15) is 11.1 Å². The highest BCUT2D eigenvalue weighted by Gasteiger charge is 2.51. The van der Waals surface area contributed by atoms with Gasteiger partial charge in [-0.05, 0) is 29.8 Å².